The molecular formula is C17H19N3O3S. The van der Waals surface area contributed by atoms with Crippen LogP contribution in [-0.2, 0) is 0 Å². The monoisotopic (exact) mass is 345 g/mol. The molecule has 1 saturated heterocycles. The Morgan fingerprint density at radius 2 is 1.62 bits per heavy atom. The van der Waals surface area contributed by atoms with Crippen molar-refractivity contribution in [3.05, 3.63) is 45.9 Å². The van der Waals surface area contributed by atoms with Crippen LogP contribution in [0.5, 0.6) is 5.75 Å². The third-order valence-electron chi connectivity index (χ3n) is 4.13. The topological polar surface area (TPSA) is 62.7 Å². The van der Waals surface area contributed by atoms with Crippen LogP contribution in [-0.4, -0.2) is 59.9 Å². The molecule has 0 unspecified atom stereocenters. The molecule has 126 valence electrons. The van der Waals surface area contributed by atoms with Gasteiger partial charge in [-0.05, 0) is 31.2 Å². The van der Waals surface area contributed by atoms with E-state index in [1.54, 1.807) is 46.7 Å². The van der Waals surface area contributed by atoms with Crippen molar-refractivity contribution in [1.29, 1.82) is 0 Å². The van der Waals surface area contributed by atoms with Crippen LogP contribution in [0.4, 0.5) is 0 Å². The van der Waals surface area contributed by atoms with Crippen LogP contribution >= 0.6 is 11.3 Å². The zero-order valence-corrected chi connectivity index (χ0v) is 14.5. The van der Waals surface area contributed by atoms with Crippen molar-refractivity contribution in [2.24, 2.45) is 0 Å². The van der Waals surface area contributed by atoms with Gasteiger partial charge in [-0.15, -0.1) is 11.3 Å². The minimum Gasteiger partial charge on any atom is -0.497 e. The first-order valence-corrected chi connectivity index (χ1v) is 8.61. The average molecular weight is 345 g/mol. The number of carbonyl (C=O) groups is 2. The van der Waals surface area contributed by atoms with E-state index in [0.29, 0.717) is 36.6 Å². The summed E-state index contributed by atoms with van der Waals surface area (Å²) in [4.78, 5) is 33.4. The van der Waals surface area contributed by atoms with E-state index in [4.69, 9.17) is 4.74 Å². The van der Waals surface area contributed by atoms with Gasteiger partial charge in [0, 0.05) is 31.7 Å². The molecule has 0 aliphatic carbocycles. The smallest absolute Gasteiger partial charge is 0.265 e. The molecule has 1 aliphatic rings. The van der Waals surface area contributed by atoms with Gasteiger partial charge in [0.25, 0.3) is 11.8 Å². The largest absolute Gasteiger partial charge is 0.497 e. The number of ether oxygens (including phenoxy) is 1. The van der Waals surface area contributed by atoms with Crippen molar-refractivity contribution in [2.75, 3.05) is 33.3 Å². The minimum absolute atomic E-state index is 0.00606. The van der Waals surface area contributed by atoms with Crippen LogP contribution in [0.15, 0.2) is 29.8 Å². The highest BCUT2D eigenvalue weighted by atomic mass is 32.1. The average Bonchev–Trinajstić information content (AvgIpc) is 3.06. The Bertz CT molecular complexity index is 734. The summed E-state index contributed by atoms with van der Waals surface area (Å²) in [6.07, 6.45) is 0. The molecule has 0 radical (unpaired) electrons. The lowest BCUT2D eigenvalue weighted by molar-refractivity contribution is 0.0537. The second-order valence-electron chi connectivity index (χ2n) is 5.58. The molecule has 0 bridgehead atoms. The molecule has 0 saturated carbocycles. The van der Waals surface area contributed by atoms with Crippen molar-refractivity contribution < 1.29 is 14.3 Å². The van der Waals surface area contributed by atoms with E-state index in [9.17, 15) is 9.59 Å². The molecule has 24 heavy (non-hydrogen) atoms. The van der Waals surface area contributed by atoms with Crippen molar-refractivity contribution >= 4 is 23.2 Å². The lowest BCUT2D eigenvalue weighted by Gasteiger charge is -2.34. The number of piperazine rings is 1. The first-order valence-electron chi connectivity index (χ1n) is 7.73. The lowest BCUT2D eigenvalue weighted by Crippen LogP contribution is -2.50. The van der Waals surface area contributed by atoms with Crippen LogP contribution in [0.25, 0.3) is 0 Å². The summed E-state index contributed by atoms with van der Waals surface area (Å²) >= 11 is 1.36. The number of carbonyl (C=O) groups excluding carboxylic acids is 2. The fourth-order valence-electron chi connectivity index (χ4n) is 2.68. The summed E-state index contributed by atoms with van der Waals surface area (Å²) in [6.45, 7) is 3.99. The van der Waals surface area contributed by atoms with Crippen molar-refractivity contribution in [2.45, 2.75) is 6.92 Å². The molecule has 0 spiro atoms. The Kier molecular flexibility index (Phi) is 4.80. The summed E-state index contributed by atoms with van der Waals surface area (Å²) in [7, 11) is 1.60. The minimum atomic E-state index is -0.0151. The molecule has 7 heteroatoms. The van der Waals surface area contributed by atoms with Gasteiger partial charge in [-0.2, -0.15) is 0 Å². The molecule has 1 fully saturated rings. The number of nitrogens with zero attached hydrogens (tertiary/aromatic N) is 3. The van der Waals surface area contributed by atoms with Crippen molar-refractivity contribution in [3.63, 3.8) is 0 Å². The van der Waals surface area contributed by atoms with Crippen LogP contribution in [0, 0.1) is 6.92 Å². The second kappa shape index (κ2) is 7.00. The molecule has 2 aromatic rings. The van der Waals surface area contributed by atoms with E-state index in [1.807, 2.05) is 6.92 Å². The molecule has 0 N–H and O–H groups in total. The van der Waals surface area contributed by atoms with Crippen molar-refractivity contribution in [1.82, 2.24) is 14.8 Å². The van der Waals surface area contributed by atoms with E-state index in [0.717, 1.165) is 11.4 Å². The molecule has 2 amide bonds. The number of aryl methyl sites for hydroxylation is 1. The maximum Gasteiger partial charge on any atom is 0.265 e. The molecule has 1 aromatic heterocycles. The number of methoxy groups -OCH3 is 1. The Labute approximate surface area is 144 Å². The molecule has 2 heterocycles. The third-order valence-corrected chi connectivity index (χ3v) is 5.05. The van der Waals surface area contributed by atoms with Crippen molar-refractivity contribution in [3.8, 4) is 5.75 Å². The van der Waals surface area contributed by atoms with Gasteiger partial charge in [-0.25, -0.2) is 4.98 Å². The molecular weight excluding hydrogens is 326 g/mol. The van der Waals surface area contributed by atoms with Gasteiger partial charge in [0.1, 0.15) is 10.6 Å². The Balaban J connectivity index is 1.61. The SMILES string of the molecule is COc1ccc(C(=O)N2CCN(C(=O)c3scnc3C)CC2)cc1. The molecule has 1 aliphatic heterocycles. The van der Waals surface area contributed by atoms with Gasteiger partial charge in [0.2, 0.25) is 0 Å². The highest BCUT2D eigenvalue weighted by Crippen LogP contribution is 2.18. The molecule has 0 atom stereocenters. The summed E-state index contributed by atoms with van der Waals surface area (Å²) in [5.74, 6) is 0.715. The molecule has 1 aromatic carbocycles. The van der Waals surface area contributed by atoms with E-state index in [2.05, 4.69) is 4.98 Å². The van der Waals surface area contributed by atoms with Gasteiger partial charge in [0.15, 0.2) is 0 Å². The van der Waals surface area contributed by atoms with Gasteiger partial charge >= 0.3 is 0 Å². The van der Waals surface area contributed by atoms with Crippen LogP contribution in [0.3, 0.4) is 0 Å². The number of aromatic nitrogens is 1. The van der Waals surface area contributed by atoms with Gasteiger partial charge < -0.3 is 14.5 Å². The maximum atomic E-state index is 12.5. The number of hydrogen-bond acceptors (Lipinski definition) is 5. The predicted octanol–water partition coefficient (Wildman–Crippen LogP) is 2.06. The van der Waals surface area contributed by atoms with E-state index >= 15 is 0 Å². The number of rotatable bonds is 3. The summed E-state index contributed by atoms with van der Waals surface area (Å²) in [6, 6.07) is 7.08. The van der Waals surface area contributed by atoms with E-state index in [1.165, 1.54) is 11.3 Å². The van der Waals surface area contributed by atoms with E-state index in [-0.39, 0.29) is 11.8 Å². The Hall–Kier alpha value is -2.41. The fourth-order valence-corrected chi connectivity index (χ4v) is 3.45. The number of benzene rings is 1. The zero-order chi connectivity index (χ0) is 17.1. The van der Waals surface area contributed by atoms with Crippen LogP contribution in [0.2, 0.25) is 0 Å². The van der Waals surface area contributed by atoms with E-state index < -0.39 is 0 Å². The zero-order valence-electron chi connectivity index (χ0n) is 13.7. The van der Waals surface area contributed by atoms with Crippen LogP contribution in [0.1, 0.15) is 25.7 Å². The molecule has 3 rings (SSSR count). The first kappa shape index (κ1) is 16.4. The molecule has 6 nitrogen and oxygen atoms in total. The highest BCUT2D eigenvalue weighted by Gasteiger charge is 2.27. The summed E-state index contributed by atoms with van der Waals surface area (Å²) in [5.41, 5.74) is 3.09. The predicted molar refractivity (Wildman–Crippen MR) is 91.7 cm³/mol. The highest BCUT2D eigenvalue weighted by molar-refractivity contribution is 7.11. The third kappa shape index (κ3) is 3.26. The summed E-state index contributed by atoms with van der Waals surface area (Å²) < 4.78 is 5.11. The van der Waals surface area contributed by atoms with Crippen LogP contribution < -0.4 is 4.74 Å². The number of amides is 2. The number of hydrogen-bond donors (Lipinski definition) is 0. The van der Waals surface area contributed by atoms with Gasteiger partial charge in [-0.3, -0.25) is 9.59 Å². The van der Waals surface area contributed by atoms with Gasteiger partial charge in [-0.1, -0.05) is 0 Å². The normalized spacial score (nSPS) is 14.6. The Morgan fingerprint density at radius 1 is 1.04 bits per heavy atom. The standard InChI is InChI=1S/C17H19N3O3S/c1-12-15(24-11-18-12)17(22)20-9-7-19(8-10-20)16(21)13-3-5-14(23-2)6-4-13/h3-6,11H,7-10H2,1-2H3. The Morgan fingerprint density at radius 3 is 2.12 bits per heavy atom. The first-order chi connectivity index (χ1) is 11.6. The summed E-state index contributed by atoms with van der Waals surface area (Å²) in [5, 5.41) is 0. The van der Waals surface area contributed by atoms with Gasteiger partial charge in [0.05, 0.1) is 18.3 Å². The quantitative estimate of drug-likeness (QED) is 0.854. The fraction of sp³-hybridized carbons (Fsp3) is 0.353. The maximum absolute atomic E-state index is 12.5. The lowest BCUT2D eigenvalue weighted by atomic mass is 10.1. The second-order valence-corrected chi connectivity index (χ2v) is 6.43. The number of thiazole rings is 1.